The first-order valence-electron chi connectivity index (χ1n) is 6.44. The van der Waals surface area contributed by atoms with Gasteiger partial charge in [0.05, 0.1) is 17.7 Å². The van der Waals surface area contributed by atoms with E-state index in [1.54, 1.807) is 13.2 Å². The lowest BCUT2D eigenvalue weighted by atomic mass is 10.0. The van der Waals surface area contributed by atoms with Crippen molar-refractivity contribution in [3.63, 3.8) is 0 Å². The third kappa shape index (κ3) is 4.25. The van der Waals surface area contributed by atoms with Crippen molar-refractivity contribution in [1.82, 2.24) is 0 Å². The summed E-state index contributed by atoms with van der Waals surface area (Å²) in [4.78, 5) is 0. The zero-order chi connectivity index (χ0) is 15.4. The van der Waals surface area contributed by atoms with E-state index < -0.39 is 17.7 Å². The third-order valence-corrected chi connectivity index (χ3v) is 3.78. The Morgan fingerprint density at radius 2 is 1.90 bits per heavy atom. The van der Waals surface area contributed by atoms with E-state index in [0.29, 0.717) is 17.7 Å². The number of hydrogen-bond acceptors (Lipinski definition) is 2. The quantitative estimate of drug-likeness (QED) is 0.880. The predicted octanol–water partition coefficient (Wildman–Crippen LogP) is 3.88. The number of rotatable bonds is 5. The first-order chi connectivity index (χ1) is 9.99. The van der Waals surface area contributed by atoms with Crippen LogP contribution in [-0.4, -0.2) is 18.3 Å². The molecule has 1 atom stereocenters. The van der Waals surface area contributed by atoms with Crippen LogP contribution in [0.2, 0.25) is 0 Å². The fourth-order valence-corrected chi connectivity index (χ4v) is 2.71. The molecule has 0 bridgehead atoms. The van der Waals surface area contributed by atoms with Crippen LogP contribution in [-0.2, 0) is 12.8 Å². The van der Waals surface area contributed by atoms with Gasteiger partial charge in [-0.2, -0.15) is 0 Å². The molecule has 0 aliphatic rings. The van der Waals surface area contributed by atoms with Gasteiger partial charge >= 0.3 is 0 Å². The second kappa shape index (κ2) is 7.00. The molecule has 2 rings (SSSR count). The van der Waals surface area contributed by atoms with E-state index in [2.05, 4.69) is 15.9 Å². The van der Waals surface area contributed by atoms with Crippen LogP contribution in [0.1, 0.15) is 11.1 Å². The number of hydrogen-bond donors (Lipinski definition) is 1. The van der Waals surface area contributed by atoms with Gasteiger partial charge in [0.15, 0.2) is 0 Å². The normalized spacial score (nSPS) is 12.2. The molecule has 0 aliphatic heterocycles. The molecule has 1 N–H and O–H groups in total. The monoisotopic (exact) mass is 356 g/mol. The molecule has 0 heterocycles. The summed E-state index contributed by atoms with van der Waals surface area (Å²) in [5.41, 5.74) is 1.20. The first kappa shape index (κ1) is 15.9. The predicted molar refractivity (Wildman–Crippen MR) is 80.5 cm³/mol. The number of ether oxygens (including phenoxy) is 1. The molecule has 2 nitrogen and oxygen atoms in total. The van der Waals surface area contributed by atoms with Gasteiger partial charge in [0, 0.05) is 12.5 Å². The molecule has 0 aliphatic carbocycles. The highest BCUT2D eigenvalue weighted by Gasteiger charge is 2.12. The zero-order valence-corrected chi connectivity index (χ0v) is 13.0. The number of halogens is 3. The molecule has 2 aromatic rings. The molecular weight excluding hydrogens is 342 g/mol. The van der Waals surface area contributed by atoms with E-state index in [9.17, 15) is 13.9 Å². The summed E-state index contributed by atoms with van der Waals surface area (Å²) in [7, 11) is 1.58. The fraction of sp³-hybridized carbons (Fsp3) is 0.250. The Labute approximate surface area is 130 Å². The lowest BCUT2D eigenvalue weighted by molar-refractivity contribution is 0.174. The van der Waals surface area contributed by atoms with Crippen LogP contribution in [0.3, 0.4) is 0 Å². The highest BCUT2D eigenvalue weighted by atomic mass is 79.9. The Hall–Kier alpha value is -1.46. The van der Waals surface area contributed by atoms with Crippen molar-refractivity contribution in [2.45, 2.75) is 18.9 Å². The Balaban J connectivity index is 2.04. The van der Waals surface area contributed by atoms with Gasteiger partial charge in [-0.15, -0.1) is 0 Å². The van der Waals surface area contributed by atoms with Crippen LogP contribution in [0.5, 0.6) is 5.75 Å². The first-order valence-corrected chi connectivity index (χ1v) is 7.23. The maximum absolute atomic E-state index is 13.5. The molecule has 0 saturated carbocycles. The molecule has 2 aromatic carbocycles. The average Bonchev–Trinajstić information content (AvgIpc) is 2.42. The smallest absolute Gasteiger partial charge is 0.133 e. The van der Waals surface area contributed by atoms with Gasteiger partial charge in [-0.25, -0.2) is 8.78 Å². The minimum Gasteiger partial charge on any atom is -0.496 e. The summed E-state index contributed by atoms with van der Waals surface area (Å²) >= 11 is 3.38. The van der Waals surface area contributed by atoms with E-state index in [1.807, 2.05) is 12.1 Å². The summed E-state index contributed by atoms with van der Waals surface area (Å²) in [5, 5.41) is 10.1. The van der Waals surface area contributed by atoms with Crippen LogP contribution in [0.4, 0.5) is 8.78 Å². The summed E-state index contributed by atoms with van der Waals surface area (Å²) in [6, 6.07) is 8.86. The zero-order valence-electron chi connectivity index (χ0n) is 11.4. The Bertz CT molecular complexity index is 632. The second-order valence-corrected chi connectivity index (χ2v) is 5.62. The van der Waals surface area contributed by atoms with Crippen LogP contribution in [0, 0.1) is 11.6 Å². The maximum atomic E-state index is 13.5. The third-order valence-electron chi connectivity index (χ3n) is 3.16. The fourth-order valence-electron chi connectivity index (χ4n) is 2.12. The van der Waals surface area contributed by atoms with Crippen LogP contribution < -0.4 is 4.74 Å². The number of aliphatic hydroxyl groups excluding tert-OH is 1. The molecule has 0 saturated heterocycles. The highest BCUT2D eigenvalue weighted by Crippen LogP contribution is 2.26. The van der Waals surface area contributed by atoms with Crippen molar-refractivity contribution in [2.75, 3.05) is 7.11 Å². The van der Waals surface area contributed by atoms with Gasteiger partial charge in [0.1, 0.15) is 17.4 Å². The van der Waals surface area contributed by atoms with Gasteiger partial charge in [0.2, 0.25) is 0 Å². The summed E-state index contributed by atoms with van der Waals surface area (Å²) in [6.07, 6.45) is -0.236. The molecule has 21 heavy (non-hydrogen) atoms. The van der Waals surface area contributed by atoms with E-state index in [4.69, 9.17) is 4.74 Å². The average molecular weight is 357 g/mol. The Kier molecular flexibility index (Phi) is 5.31. The van der Waals surface area contributed by atoms with Crippen molar-refractivity contribution in [3.8, 4) is 5.75 Å². The lowest BCUT2D eigenvalue weighted by Crippen LogP contribution is -2.15. The number of benzene rings is 2. The molecular formula is C16H15BrF2O2. The van der Waals surface area contributed by atoms with Crippen molar-refractivity contribution in [1.29, 1.82) is 0 Å². The molecule has 5 heteroatoms. The van der Waals surface area contributed by atoms with Gasteiger partial charge in [-0.1, -0.05) is 12.1 Å². The second-order valence-electron chi connectivity index (χ2n) is 4.77. The number of aliphatic hydroxyl groups is 1. The standard InChI is InChI=1S/C16H15BrF2O2/c1-21-16-5-2-10(7-14(16)17)6-13(20)8-11-3-4-12(18)9-15(11)19/h2-5,7,9,13,20H,6,8H2,1H3. The van der Waals surface area contributed by atoms with Crippen LogP contribution in [0.15, 0.2) is 40.9 Å². The van der Waals surface area contributed by atoms with Crippen molar-refractivity contribution >= 4 is 15.9 Å². The minimum absolute atomic E-state index is 0.135. The molecule has 0 fully saturated rings. The molecule has 0 radical (unpaired) electrons. The summed E-state index contributed by atoms with van der Waals surface area (Å²) < 4.78 is 32.3. The van der Waals surface area contributed by atoms with E-state index >= 15 is 0 Å². The number of methoxy groups -OCH3 is 1. The molecule has 0 spiro atoms. The largest absolute Gasteiger partial charge is 0.496 e. The molecule has 1 unspecified atom stereocenters. The van der Waals surface area contributed by atoms with Crippen molar-refractivity contribution < 1.29 is 18.6 Å². The van der Waals surface area contributed by atoms with Crippen molar-refractivity contribution in [3.05, 3.63) is 63.6 Å². The summed E-state index contributed by atoms with van der Waals surface area (Å²) in [6.45, 7) is 0. The lowest BCUT2D eigenvalue weighted by Gasteiger charge is -2.12. The Morgan fingerprint density at radius 1 is 1.14 bits per heavy atom. The molecule has 0 aromatic heterocycles. The summed E-state index contributed by atoms with van der Waals surface area (Å²) in [5.74, 6) is -0.549. The van der Waals surface area contributed by atoms with E-state index in [0.717, 1.165) is 16.1 Å². The Morgan fingerprint density at radius 3 is 2.52 bits per heavy atom. The van der Waals surface area contributed by atoms with Crippen LogP contribution >= 0.6 is 15.9 Å². The van der Waals surface area contributed by atoms with Gasteiger partial charge in [-0.3, -0.25) is 0 Å². The van der Waals surface area contributed by atoms with Crippen molar-refractivity contribution in [2.24, 2.45) is 0 Å². The van der Waals surface area contributed by atoms with Gasteiger partial charge in [-0.05, 0) is 51.7 Å². The maximum Gasteiger partial charge on any atom is 0.133 e. The van der Waals surface area contributed by atoms with E-state index in [1.165, 1.54) is 12.1 Å². The highest BCUT2D eigenvalue weighted by molar-refractivity contribution is 9.10. The van der Waals surface area contributed by atoms with Gasteiger partial charge < -0.3 is 9.84 Å². The van der Waals surface area contributed by atoms with Gasteiger partial charge in [0.25, 0.3) is 0 Å². The van der Waals surface area contributed by atoms with E-state index in [-0.39, 0.29) is 6.42 Å². The minimum atomic E-state index is -0.745. The van der Waals surface area contributed by atoms with Crippen LogP contribution in [0.25, 0.3) is 0 Å². The topological polar surface area (TPSA) is 29.5 Å². The molecule has 112 valence electrons. The SMILES string of the molecule is COc1ccc(CC(O)Cc2ccc(F)cc2F)cc1Br. The molecule has 0 amide bonds.